The smallest absolute Gasteiger partial charge is 0.194 e. The van der Waals surface area contributed by atoms with E-state index in [1.807, 2.05) is 11.8 Å². The topological polar surface area (TPSA) is 66.8 Å². The lowest BCUT2D eigenvalue weighted by molar-refractivity contribution is 0.0305. The molecule has 1 N–H and O–H groups in total. The predicted molar refractivity (Wildman–Crippen MR) is 71.8 cm³/mol. The van der Waals surface area contributed by atoms with E-state index < -0.39 is 15.2 Å². The third kappa shape index (κ3) is 3.08. The van der Waals surface area contributed by atoms with Crippen LogP contribution in [0.4, 0.5) is 0 Å². The summed E-state index contributed by atoms with van der Waals surface area (Å²) < 4.78 is 30.5. The van der Waals surface area contributed by atoms with Gasteiger partial charge in [-0.3, -0.25) is 4.90 Å². The van der Waals surface area contributed by atoms with Crippen LogP contribution in [0.5, 0.6) is 5.75 Å². The Balaban J connectivity index is 2.30. The van der Waals surface area contributed by atoms with Gasteiger partial charge in [-0.1, -0.05) is 13.0 Å². The first kappa shape index (κ1) is 14.3. The van der Waals surface area contributed by atoms with Gasteiger partial charge in [0.25, 0.3) is 0 Å². The summed E-state index contributed by atoms with van der Waals surface area (Å²) in [6.07, 6.45) is 0.512. The van der Waals surface area contributed by atoms with Crippen LogP contribution >= 0.6 is 0 Å². The fourth-order valence-corrected chi connectivity index (χ4v) is 4.27. The molecule has 0 aromatic heterocycles. The monoisotopic (exact) mass is 285 g/mol. The molecule has 0 spiro atoms. The zero-order valence-electron chi connectivity index (χ0n) is 10.9. The van der Waals surface area contributed by atoms with Crippen molar-refractivity contribution in [1.82, 2.24) is 4.90 Å². The summed E-state index contributed by atoms with van der Waals surface area (Å²) in [5.74, 6) is -0.0297. The van der Waals surface area contributed by atoms with Crippen molar-refractivity contribution in [3.63, 3.8) is 0 Å². The lowest BCUT2D eigenvalue weighted by Crippen LogP contribution is -2.47. The summed E-state index contributed by atoms with van der Waals surface area (Å²) in [5.41, 5.74) is 0. The first-order valence-electron chi connectivity index (χ1n) is 6.40. The third-order valence-corrected chi connectivity index (χ3v) is 5.57. The van der Waals surface area contributed by atoms with Crippen LogP contribution in [0.1, 0.15) is 13.3 Å². The second-order valence-electron chi connectivity index (χ2n) is 4.55. The molecule has 0 bridgehead atoms. The van der Waals surface area contributed by atoms with E-state index in [0.717, 1.165) is 0 Å². The van der Waals surface area contributed by atoms with Gasteiger partial charge in [-0.05, 0) is 24.6 Å². The lowest BCUT2D eigenvalue weighted by Gasteiger charge is -2.33. The molecule has 1 aliphatic heterocycles. The highest BCUT2D eigenvalue weighted by Crippen LogP contribution is 2.24. The Hall–Kier alpha value is -1.11. The Kier molecular flexibility index (Phi) is 4.44. The Morgan fingerprint density at radius 1 is 1.37 bits per heavy atom. The highest BCUT2D eigenvalue weighted by Gasteiger charge is 2.32. The molecule has 0 aliphatic carbocycles. The zero-order chi connectivity index (χ0) is 13.9. The fourth-order valence-electron chi connectivity index (χ4n) is 2.36. The molecule has 1 fully saturated rings. The average molecular weight is 285 g/mol. The summed E-state index contributed by atoms with van der Waals surface area (Å²) in [6, 6.07) is 5.85. The van der Waals surface area contributed by atoms with E-state index in [4.69, 9.17) is 4.74 Å². The largest absolute Gasteiger partial charge is 0.508 e. The van der Waals surface area contributed by atoms with Crippen LogP contribution in [-0.4, -0.2) is 50.1 Å². The summed E-state index contributed by atoms with van der Waals surface area (Å²) in [6.45, 7) is 4.23. The van der Waals surface area contributed by atoms with Crippen molar-refractivity contribution in [3.05, 3.63) is 24.3 Å². The molecular formula is C13H19NO4S. The zero-order valence-corrected chi connectivity index (χ0v) is 11.8. The number of ether oxygens (including phenoxy) is 1. The molecular weight excluding hydrogens is 266 g/mol. The van der Waals surface area contributed by atoms with Crippen LogP contribution < -0.4 is 0 Å². The van der Waals surface area contributed by atoms with Crippen LogP contribution in [0, 0.1) is 0 Å². The Labute approximate surface area is 113 Å². The number of hydrogen-bond acceptors (Lipinski definition) is 5. The van der Waals surface area contributed by atoms with Gasteiger partial charge in [-0.15, -0.1) is 0 Å². The molecule has 106 valence electrons. The maximum atomic E-state index is 12.6. The summed E-state index contributed by atoms with van der Waals surface area (Å²) in [5, 5.41) is 8.89. The molecule has 1 saturated heterocycles. The summed E-state index contributed by atoms with van der Waals surface area (Å²) >= 11 is 0. The van der Waals surface area contributed by atoms with E-state index in [2.05, 4.69) is 0 Å². The molecule has 19 heavy (non-hydrogen) atoms. The standard InChI is InChI=1S/C13H19NO4S/c1-2-13(14-6-8-18-9-7-14)19(16,17)12-5-3-4-11(15)10-12/h3-5,10,13,15H,2,6-9H2,1H3. The van der Waals surface area contributed by atoms with Crippen LogP contribution in [0.2, 0.25) is 0 Å². The minimum Gasteiger partial charge on any atom is -0.508 e. The number of nitrogens with zero attached hydrogens (tertiary/aromatic N) is 1. The number of rotatable bonds is 4. The van der Waals surface area contributed by atoms with Gasteiger partial charge >= 0.3 is 0 Å². The van der Waals surface area contributed by atoms with Crippen molar-refractivity contribution in [1.29, 1.82) is 0 Å². The predicted octanol–water partition coefficient (Wildman–Crippen LogP) is 1.23. The molecule has 1 aromatic rings. The Bertz CT molecular complexity index is 523. The van der Waals surface area contributed by atoms with Crippen molar-refractivity contribution >= 4 is 9.84 Å². The first-order chi connectivity index (χ1) is 9.05. The molecule has 1 heterocycles. The third-order valence-electron chi connectivity index (χ3n) is 3.31. The Morgan fingerprint density at radius 3 is 2.63 bits per heavy atom. The second-order valence-corrected chi connectivity index (χ2v) is 6.66. The SMILES string of the molecule is CCC(N1CCOCC1)S(=O)(=O)c1cccc(O)c1. The number of aromatic hydroxyl groups is 1. The molecule has 0 amide bonds. The van der Waals surface area contributed by atoms with E-state index in [0.29, 0.717) is 32.7 Å². The van der Waals surface area contributed by atoms with E-state index in [1.165, 1.54) is 18.2 Å². The first-order valence-corrected chi connectivity index (χ1v) is 7.95. The normalized spacial score (nSPS) is 19.2. The number of benzene rings is 1. The molecule has 1 aromatic carbocycles. The van der Waals surface area contributed by atoms with Crippen molar-refractivity contribution < 1.29 is 18.3 Å². The van der Waals surface area contributed by atoms with Crippen molar-refractivity contribution in [2.45, 2.75) is 23.6 Å². The van der Waals surface area contributed by atoms with Crippen molar-refractivity contribution in [2.24, 2.45) is 0 Å². The summed E-state index contributed by atoms with van der Waals surface area (Å²) in [7, 11) is -3.46. The van der Waals surface area contributed by atoms with Gasteiger partial charge in [-0.2, -0.15) is 0 Å². The number of morpholine rings is 1. The molecule has 6 heteroatoms. The highest BCUT2D eigenvalue weighted by atomic mass is 32.2. The maximum absolute atomic E-state index is 12.6. The van der Waals surface area contributed by atoms with Crippen LogP contribution in [-0.2, 0) is 14.6 Å². The van der Waals surface area contributed by atoms with E-state index >= 15 is 0 Å². The van der Waals surface area contributed by atoms with E-state index in [-0.39, 0.29) is 10.6 Å². The van der Waals surface area contributed by atoms with Gasteiger partial charge in [0.1, 0.15) is 11.1 Å². The molecule has 1 atom stereocenters. The van der Waals surface area contributed by atoms with Gasteiger partial charge < -0.3 is 9.84 Å². The fraction of sp³-hybridized carbons (Fsp3) is 0.538. The molecule has 0 saturated carbocycles. The number of sulfone groups is 1. The van der Waals surface area contributed by atoms with Gasteiger partial charge in [-0.25, -0.2) is 8.42 Å². The molecule has 1 aliphatic rings. The number of phenols is 1. The second kappa shape index (κ2) is 5.90. The highest BCUT2D eigenvalue weighted by molar-refractivity contribution is 7.92. The average Bonchev–Trinajstić information content (AvgIpc) is 2.40. The quantitative estimate of drug-likeness (QED) is 0.901. The summed E-state index contributed by atoms with van der Waals surface area (Å²) in [4.78, 5) is 2.11. The van der Waals surface area contributed by atoms with Gasteiger partial charge in [0, 0.05) is 13.1 Å². The number of hydrogen-bond donors (Lipinski definition) is 1. The van der Waals surface area contributed by atoms with Gasteiger partial charge in [0.15, 0.2) is 9.84 Å². The molecule has 0 radical (unpaired) electrons. The minimum atomic E-state index is -3.46. The minimum absolute atomic E-state index is 0.0297. The van der Waals surface area contributed by atoms with Gasteiger partial charge in [0.2, 0.25) is 0 Å². The van der Waals surface area contributed by atoms with E-state index in [9.17, 15) is 13.5 Å². The maximum Gasteiger partial charge on any atom is 0.194 e. The van der Waals surface area contributed by atoms with Crippen LogP contribution in [0.3, 0.4) is 0 Å². The molecule has 5 nitrogen and oxygen atoms in total. The van der Waals surface area contributed by atoms with Gasteiger partial charge in [0.05, 0.1) is 18.1 Å². The van der Waals surface area contributed by atoms with Crippen molar-refractivity contribution in [3.8, 4) is 5.75 Å². The molecule has 2 rings (SSSR count). The van der Waals surface area contributed by atoms with Crippen LogP contribution in [0.15, 0.2) is 29.2 Å². The van der Waals surface area contributed by atoms with Crippen molar-refractivity contribution in [2.75, 3.05) is 26.3 Å². The Morgan fingerprint density at radius 2 is 2.05 bits per heavy atom. The lowest BCUT2D eigenvalue weighted by atomic mass is 10.3. The number of phenolic OH excluding ortho intramolecular Hbond substituents is 1. The molecule has 1 unspecified atom stereocenters. The van der Waals surface area contributed by atoms with E-state index in [1.54, 1.807) is 6.07 Å². The van der Waals surface area contributed by atoms with Crippen LogP contribution in [0.25, 0.3) is 0 Å².